The van der Waals surface area contributed by atoms with Gasteiger partial charge in [-0.2, -0.15) is 0 Å². The van der Waals surface area contributed by atoms with Crippen molar-refractivity contribution in [3.05, 3.63) is 0 Å². The van der Waals surface area contributed by atoms with Crippen LogP contribution in [0.5, 0.6) is 0 Å². The normalized spacial score (nSPS) is 14.5. The van der Waals surface area contributed by atoms with Gasteiger partial charge in [0.05, 0.1) is 0 Å². The lowest BCUT2D eigenvalue weighted by Crippen LogP contribution is -2.43. The van der Waals surface area contributed by atoms with Gasteiger partial charge in [-0.1, -0.05) is 12.8 Å². The molecule has 0 rings (SSSR count). The largest absolute Gasteiger partial charge is 0.436 e. The quantitative estimate of drug-likeness (QED) is 0.240. The first-order chi connectivity index (χ1) is 11.4. The van der Waals surface area contributed by atoms with Gasteiger partial charge in [-0.05, 0) is 90.7 Å². The molecule has 0 N–H and O–H groups in total. The van der Waals surface area contributed by atoms with Crippen molar-refractivity contribution in [1.82, 2.24) is 0 Å². The SMILES string of the molecule is C[Si](C)(C)O[Si](CCCC[Si](O[Si](C)(C)C)O[Si](C)(C)C)O[Si](C)(C)C. The highest BCUT2D eigenvalue weighted by Crippen LogP contribution is 2.20. The van der Waals surface area contributed by atoms with Gasteiger partial charge in [0.15, 0.2) is 33.3 Å². The topological polar surface area (TPSA) is 36.9 Å². The first kappa shape index (κ1) is 27.1. The standard InChI is InChI=1S/C16H44O4Si6/c1-23(2,3)17-21(18-24(4,5)6)15-13-14-16-22(19-25(7,8)9)20-26(10,11)12/h13-16H2,1-12H3. The second-order valence-corrected chi connectivity index (χ2v) is 33.5. The highest BCUT2D eigenvalue weighted by atomic mass is 28.5. The minimum atomic E-state index is -1.55. The molecular formula is C16H44O4Si6. The first-order valence-corrected chi connectivity index (χ1v) is 26.5. The molecule has 0 aliphatic rings. The van der Waals surface area contributed by atoms with E-state index in [2.05, 4.69) is 78.6 Å². The summed E-state index contributed by atoms with van der Waals surface area (Å²) in [6, 6.07) is 2.16. The number of hydrogen-bond acceptors (Lipinski definition) is 4. The molecular weight excluding hydrogens is 425 g/mol. The highest BCUT2D eigenvalue weighted by molar-refractivity contribution is 6.81. The third-order valence-electron chi connectivity index (χ3n) is 2.69. The van der Waals surface area contributed by atoms with Gasteiger partial charge in [-0.3, -0.25) is 0 Å². The van der Waals surface area contributed by atoms with Crippen LogP contribution in [0.2, 0.25) is 90.7 Å². The van der Waals surface area contributed by atoms with Gasteiger partial charge in [0, 0.05) is 0 Å². The fraction of sp³-hybridized carbons (Fsp3) is 1.00. The smallest absolute Gasteiger partial charge is 0.362 e. The van der Waals surface area contributed by atoms with Crippen LogP contribution in [-0.4, -0.2) is 51.8 Å². The summed E-state index contributed by atoms with van der Waals surface area (Å²) in [7, 11) is -8.53. The molecule has 2 radical (unpaired) electrons. The van der Waals surface area contributed by atoms with Crippen LogP contribution in [0.3, 0.4) is 0 Å². The maximum Gasteiger partial charge on any atom is 0.362 e. The highest BCUT2D eigenvalue weighted by Gasteiger charge is 2.31. The molecule has 0 aromatic carbocycles. The summed E-state index contributed by atoms with van der Waals surface area (Å²) in [4.78, 5) is 0. The average Bonchev–Trinajstić information content (AvgIpc) is 2.25. The maximum absolute atomic E-state index is 6.39. The summed E-state index contributed by atoms with van der Waals surface area (Å²) in [5.41, 5.74) is 0. The Hall–Kier alpha value is 1.14. The molecule has 0 amide bonds. The molecule has 0 aromatic heterocycles. The second-order valence-electron chi connectivity index (χ2n) is 10.8. The van der Waals surface area contributed by atoms with E-state index >= 15 is 0 Å². The molecule has 4 nitrogen and oxygen atoms in total. The maximum atomic E-state index is 6.39. The molecule has 0 saturated heterocycles. The van der Waals surface area contributed by atoms with Gasteiger partial charge in [0.1, 0.15) is 0 Å². The molecule has 156 valence electrons. The third-order valence-corrected chi connectivity index (χ3v) is 17.7. The van der Waals surface area contributed by atoms with Gasteiger partial charge >= 0.3 is 18.6 Å². The lowest BCUT2D eigenvalue weighted by molar-refractivity contribution is 0.405. The Morgan fingerprint density at radius 2 is 0.615 bits per heavy atom. The summed E-state index contributed by atoms with van der Waals surface area (Å²) >= 11 is 0. The number of hydrogen-bond donors (Lipinski definition) is 0. The van der Waals surface area contributed by atoms with Crippen molar-refractivity contribution in [3.8, 4) is 0 Å². The molecule has 0 fully saturated rings. The summed E-state index contributed by atoms with van der Waals surface area (Å²) in [6.07, 6.45) is 2.31. The van der Waals surface area contributed by atoms with E-state index in [1.54, 1.807) is 0 Å². The van der Waals surface area contributed by atoms with Crippen LogP contribution in [-0.2, 0) is 16.5 Å². The predicted molar refractivity (Wildman–Crippen MR) is 128 cm³/mol. The van der Waals surface area contributed by atoms with E-state index in [9.17, 15) is 0 Å². The van der Waals surface area contributed by atoms with Crippen molar-refractivity contribution >= 4 is 51.8 Å². The van der Waals surface area contributed by atoms with E-state index < -0.39 is 51.8 Å². The van der Waals surface area contributed by atoms with Gasteiger partial charge in [-0.25, -0.2) is 0 Å². The molecule has 10 heteroatoms. The van der Waals surface area contributed by atoms with Gasteiger partial charge in [0.25, 0.3) is 0 Å². The summed E-state index contributed by atoms with van der Waals surface area (Å²) in [5.74, 6) is 0. The zero-order valence-corrected chi connectivity index (χ0v) is 25.5. The molecule has 0 saturated carbocycles. The molecule has 0 unspecified atom stereocenters. The minimum Gasteiger partial charge on any atom is -0.436 e. The van der Waals surface area contributed by atoms with E-state index in [0.29, 0.717) is 0 Å². The molecule has 0 aromatic rings. The number of unbranched alkanes of at least 4 members (excludes halogenated alkanes) is 1. The zero-order valence-electron chi connectivity index (χ0n) is 19.5. The average molecular weight is 469 g/mol. The summed E-state index contributed by atoms with van der Waals surface area (Å²) in [5, 5.41) is 0. The van der Waals surface area contributed by atoms with Crippen LogP contribution in [0.15, 0.2) is 0 Å². The first-order valence-electron chi connectivity index (χ1n) is 9.84. The summed E-state index contributed by atoms with van der Waals surface area (Å²) in [6.45, 7) is 27.1. The second kappa shape index (κ2) is 10.8. The van der Waals surface area contributed by atoms with E-state index in [-0.39, 0.29) is 0 Å². The Labute approximate surface area is 171 Å². The fourth-order valence-electron chi connectivity index (χ4n) is 2.15. The predicted octanol–water partition coefficient (Wildman–Crippen LogP) is 6.15. The van der Waals surface area contributed by atoms with Crippen molar-refractivity contribution in [2.45, 2.75) is 103 Å². The molecule has 0 aliphatic carbocycles. The molecule has 0 atom stereocenters. The molecule has 26 heavy (non-hydrogen) atoms. The Morgan fingerprint density at radius 1 is 0.423 bits per heavy atom. The summed E-state index contributed by atoms with van der Waals surface area (Å²) < 4.78 is 25.6. The molecule has 0 bridgehead atoms. The lowest BCUT2D eigenvalue weighted by atomic mass is 10.4. The van der Waals surface area contributed by atoms with Crippen molar-refractivity contribution in [1.29, 1.82) is 0 Å². The zero-order chi connectivity index (χ0) is 20.8. The van der Waals surface area contributed by atoms with E-state index in [4.69, 9.17) is 16.5 Å². The van der Waals surface area contributed by atoms with E-state index in [0.717, 1.165) is 24.9 Å². The Bertz CT molecular complexity index is 326. The van der Waals surface area contributed by atoms with Crippen LogP contribution in [0, 0.1) is 0 Å². The minimum absolute atomic E-state index is 1.08. The lowest BCUT2D eigenvalue weighted by Gasteiger charge is -2.30. The van der Waals surface area contributed by atoms with Crippen LogP contribution in [0.1, 0.15) is 12.8 Å². The number of rotatable bonds is 13. The van der Waals surface area contributed by atoms with Crippen molar-refractivity contribution in [3.63, 3.8) is 0 Å². The molecule has 0 aliphatic heterocycles. The van der Waals surface area contributed by atoms with E-state index in [1.165, 1.54) is 0 Å². The van der Waals surface area contributed by atoms with Crippen LogP contribution in [0.4, 0.5) is 0 Å². The van der Waals surface area contributed by atoms with Crippen LogP contribution < -0.4 is 0 Å². The van der Waals surface area contributed by atoms with Crippen molar-refractivity contribution < 1.29 is 16.5 Å². The van der Waals surface area contributed by atoms with Gasteiger partial charge in [-0.15, -0.1) is 0 Å². The third kappa shape index (κ3) is 18.5. The Balaban J connectivity index is 4.59. The Morgan fingerprint density at radius 3 is 0.769 bits per heavy atom. The van der Waals surface area contributed by atoms with Crippen LogP contribution in [0.25, 0.3) is 0 Å². The monoisotopic (exact) mass is 468 g/mol. The van der Waals surface area contributed by atoms with Crippen LogP contribution >= 0.6 is 0 Å². The molecule has 0 spiro atoms. The van der Waals surface area contributed by atoms with Crippen molar-refractivity contribution in [2.75, 3.05) is 0 Å². The van der Waals surface area contributed by atoms with Gasteiger partial charge < -0.3 is 16.5 Å². The van der Waals surface area contributed by atoms with Gasteiger partial charge in [0.2, 0.25) is 0 Å². The van der Waals surface area contributed by atoms with E-state index in [1.807, 2.05) is 0 Å². The van der Waals surface area contributed by atoms with Crippen molar-refractivity contribution in [2.24, 2.45) is 0 Å². The Kier molecular flexibility index (Phi) is 11.3. The fourth-order valence-corrected chi connectivity index (χ4v) is 16.9. The molecule has 0 heterocycles.